The van der Waals surface area contributed by atoms with Crippen LogP contribution < -0.4 is 14.8 Å². The molecule has 4 rings (SSSR count). The summed E-state index contributed by atoms with van der Waals surface area (Å²) >= 11 is 12.1. The molecule has 184 valence electrons. The molecule has 35 heavy (non-hydrogen) atoms. The number of ether oxygens (including phenoxy) is 2. The first-order valence-electron chi connectivity index (χ1n) is 10.9. The second-order valence-corrected chi connectivity index (χ2v) is 10.8. The SMILES string of the molecule is COc1ccccc1Oc1ccc(Cl)cc1NC(=O)C1CCCN(S(=O)(=O)c2ccc(Cl)cc2)C1. The normalized spacial score (nSPS) is 16.5. The van der Waals surface area contributed by atoms with Crippen molar-refractivity contribution in [2.45, 2.75) is 17.7 Å². The number of carbonyl (C=O) groups excluding carboxylic acids is 1. The van der Waals surface area contributed by atoms with Crippen molar-refractivity contribution >= 4 is 44.8 Å². The van der Waals surface area contributed by atoms with Gasteiger partial charge in [0.15, 0.2) is 17.2 Å². The molecule has 0 radical (unpaired) electrons. The zero-order valence-electron chi connectivity index (χ0n) is 18.9. The van der Waals surface area contributed by atoms with Crippen molar-refractivity contribution in [1.29, 1.82) is 0 Å². The highest BCUT2D eigenvalue weighted by molar-refractivity contribution is 7.89. The summed E-state index contributed by atoms with van der Waals surface area (Å²) in [6, 6.07) is 18.0. The predicted molar refractivity (Wildman–Crippen MR) is 136 cm³/mol. The van der Waals surface area contributed by atoms with Crippen molar-refractivity contribution in [2.24, 2.45) is 5.92 Å². The topological polar surface area (TPSA) is 84.9 Å². The molecule has 0 bridgehead atoms. The van der Waals surface area contributed by atoms with Crippen LogP contribution in [0.1, 0.15) is 12.8 Å². The van der Waals surface area contributed by atoms with Crippen LogP contribution in [0.15, 0.2) is 71.6 Å². The molecule has 7 nitrogen and oxygen atoms in total. The van der Waals surface area contributed by atoms with Crippen molar-refractivity contribution in [3.05, 3.63) is 76.8 Å². The molecule has 1 unspecified atom stereocenters. The zero-order chi connectivity index (χ0) is 25.0. The number of sulfonamides is 1. The van der Waals surface area contributed by atoms with Crippen LogP contribution in [0.3, 0.4) is 0 Å². The summed E-state index contributed by atoms with van der Waals surface area (Å²) in [7, 11) is -2.21. The molecule has 1 aliphatic heterocycles. The standard InChI is InChI=1S/C25H24Cl2N2O5S/c1-33-23-6-2-3-7-24(23)34-22-13-10-19(27)15-21(22)28-25(30)17-5-4-14-29(16-17)35(31,32)20-11-8-18(26)9-12-20/h2-3,6-13,15,17H,4-5,14,16H2,1H3,(H,28,30). The first-order chi connectivity index (χ1) is 16.8. The molecule has 1 saturated heterocycles. The Morgan fingerprint density at radius 2 is 1.66 bits per heavy atom. The van der Waals surface area contributed by atoms with Crippen LogP contribution in [0.2, 0.25) is 10.0 Å². The number of carbonyl (C=O) groups is 1. The number of piperidine rings is 1. The van der Waals surface area contributed by atoms with Gasteiger partial charge in [0.1, 0.15) is 0 Å². The number of para-hydroxylation sites is 2. The number of nitrogens with one attached hydrogen (secondary N) is 1. The average Bonchev–Trinajstić information content (AvgIpc) is 2.86. The third-order valence-electron chi connectivity index (χ3n) is 5.69. The zero-order valence-corrected chi connectivity index (χ0v) is 21.2. The number of hydrogen-bond acceptors (Lipinski definition) is 5. The van der Waals surface area contributed by atoms with E-state index in [1.807, 2.05) is 12.1 Å². The van der Waals surface area contributed by atoms with Crippen molar-refractivity contribution in [3.8, 4) is 17.2 Å². The maximum absolute atomic E-state index is 13.2. The van der Waals surface area contributed by atoms with Crippen LogP contribution in [-0.4, -0.2) is 38.8 Å². The van der Waals surface area contributed by atoms with E-state index in [1.54, 1.807) is 37.4 Å². The molecule has 0 saturated carbocycles. The van der Waals surface area contributed by atoms with Crippen LogP contribution in [0.5, 0.6) is 17.2 Å². The van der Waals surface area contributed by atoms with E-state index in [4.69, 9.17) is 32.7 Å². The highest BCUT2D eigenvalue weighted by Gasteiger charge is 2.33. The molecule has 1 amide bonds. The Kier molecular flexibility index (Phi) is 7.86. The van der Waals surface area contributed by atoms with E-state index in [0.29, 0.717) is 52.4 Å². The van der Waals surface area contributed by atoms with Crippen LogP contribution in [0, 0.1) is 5.92 Å². The lowest BCUT2D eigenvalue weighted by Crippen LogP contribution is -2.43. The first-order valence-corrected chi connectivity index (χ1v) is 13.1. The van der Waals surface area contributed by atoms with Gasteiger partial charge in [0, 0.05) is 23.1 Å². The largest absolute Gasteiger partial charge is 0.493 e. The van der Waals surface area contributed by atoms with E-state index in [9.17, 15) is 13.2 Å². The van der Waals surface area contributed by atoms with E-state index < -0.39 is 15.9 Å². The number of methoxy groups -OCH3 is 1. The Bertz CT molecular complexity index is 1320. The highest BCUT2D eigenvalue weighted by Crippen LogP contribution is 2.37. The summed E-state index contributed by atoms with van der Waals surface area (Å²) in [6.45, 7) is 0.411. The molecule has 10 heteroatoms. The van der Waals surface area contributed by atoms with E-state index in [2.05, 4.69) is 5.32 Å². The summed E-state index contributed by atoms with van der Waals surface area (Å²) in [5, 5.41) is 3.74. The maximum Gasteiger partial charge on any atom is 0.243 e. The Labute approximate surface area is 214 Å². The minimum absolute atomic E-state index is 0.0695. The number of benzene rings is 3. The summed E-state index contributed by atoms with van der Waals surface area (Å²) in [5.74, 6) is 0.548. The van der Waals surface area contributed by atoms with Crippen molar-refractivity contribution in [2.75, 3.05) is 25.5 Å². The van der Waals surface area contributed by atoms with Crippen molar-refractivity contribution in [1.82, 2.24) is 4.31 Å². The summed E-state index contributed by atoms with van der Waals surface area (Å²) < 4.78 is 38.9. The highest BCUT2D eigenvalue weighted by atomic mass is 35.5. The number of halogens is 2. The van der Waals surface area contributed by atoms with Gasteiger partial charge >= 0.3 is 0 Å². The number of nitrogens with zero attached hydrogens (tertiary/aromatic N) is 1. The van der Waals surface area contributed by atoms with Gasteiger partial charge in [0.05, 0.1) is 23.6 Å². The molecular formula is C25H24Cl2N2O5S. The van der Waals surface area contributed by atoms with Crippen molar-refractivity contribution in [3.63, 3.8) is 0 Å². The molecule has 1 fully saturated rings. The molecular weight excluding hydrogens is 511 g/mol. The first kappa shape index (κ1) is 25.3. The monoisotopic (exact) mass is 534 g/mol. The molecule has 0 aromatic heterocycles. The van der Waals surface area contributed by atoms with E-state index in [-0.39, 0.29) is 17.3 Å². The van der Waals surface area contributed by atoms with Gasteiger partial charge < -0.3 is 14.8 Å². The summed E-state index contributed by atoms with van der Waals surface area (Å²) in [5.41, 5.74) is 0.381. The molecule has 0 spiro atoms. The van der Waals surface area contributed by atoms with Gasteiger partial charge in [-0.3, -0.25) is 4.79 Å². The van der Waals surface area contributed by atoms with Crippen LogP contribution in [0.25, 0.3) is 0 Å². The minimum Gasteiger partial charge on any atom is -0.493 e. The van der Waals surface area contributed by atoms with Gasteiger partial charge in [-0.05, 0) is 67.4 Å². The molecule has 1 aliphatic rings. The lowest BCUT2D eigenvalue weighted by molar-refractivity contribution is -0.120. The average molecular weight is 535 g/mol. The minimum atomic E-state index is -3.75. The van der Waals surface area contributed by atoms with Gasteiger partial charge in [-0.15, -0.1) is 0 Å². The second kappa shape index (κ2) is 10.9. The number of rotatable bonds is 7. The molecule has 1 atom stereocenters. The molecule has 3 aromatic rings. The maximum atomic E-state index is 13.2. The van der Waals surface area contributed by atoms with Crippen molar-refractivity contribution < 1.29 is 22.7 Å². The van der Waals surface area contributed by atoms with Crippen LogP contribution >= 0.6 is 23.2 Å². The van der Waals surface area contributed by atoms with E-state index in [0.717, 1.165) is 0 Å². The number of amides is 1. The summed E-state index contributed by atoms with van der Waals surface area (Å²) in [6.07, 6.45) is 1.12. The second-order valence-electron chi connectivity index (χ2n) is 8.04. The van der Waals surface area contributed by atoms with Crippen LogP contribution in [-0.2, 0) is 14.8 Å². The lowest BCUT2D eigenvalue weighted by atomic mass is 9.98. The summed E-state index contributed by atoms with van der Waals surface area (Å²) in [4.78, 5) is 13.3. The fraction of sp³-hybridized carbons (Fsp3) is 0.240. The molecule has 0 aliphatic carbocycles. The lowest BCUT2D eigenvalue weighted by Gasteiger charge is -2.31. The number of anilines is 1. The van der Waals surface area contributed by atoms with Crippen LogP contribution in [0.4, 0.5) is 5.69 Å². The predicted octanol–water partition coefficient (Wildman–Crippen LogP) is 5.83. The van der Waals surface area contributed by atoms with Gasteiger partial charge in [0.25, 0.3) is 0 Å². The fourth-order valence-electron chi connectivity index (χ4n) is 3.88. The third-order valence-corrected chi connectivity index (χ3v) is 8.06. The molecule has 3 aromatic carbocycles. The Balaban J connectivity index is 1.51. The van der Waals surface area contributed by atoms with E-state index in [1.165, 1.54) is 28.6 Å². The fourth-order valence-corrected chi connectivity index (χ4v) is 5.70. The van der Waals surface area contributed by atoms with Gasteiger partial charge in [-0.2, -0.15) is 4.31 Å². The smallest absolute Gasteiger partial charge is 0.243 e. The number of hydrogen-bond donors (Lipinski definition) is 1. The molecule has 1 heterocycles. The third kappa shape index (κ3) is 5.90. The molecule has 1 N–H and O–H groups in total. The van der Waals surface area contributed by atoms with Gasteiger partial charge in [-0.1, -0.05) is 35.3 Å². The Morgan fingerprint density at radius 1 is 0.971 bits per heavy atom. The van der Waals surface area contributed by atoms with Gasteiger partial charge in [0.2, 0.25) is 15.9 Å². The quantitative estimate of drug-likeness (QED) is 0.411. The Morgan fingerprint density at radius 3 is 2.37 bits per heavy atom. The Hall–Kier alpha value is -2.78. The van der Waals surface area contributed by atoms with Gasteiger partial charge in [-0.25, -0.2) is 8.42 Å². The van der Waals surface area contributed by atoms with E-state index >= 15 is 0 Å².